The molecule has 2 aromatic carbocycles. The molecule has 2 unspecified atom stereocenters. The fraction of sp³-hybridized carbons (Fsp3) is 0.417. The first-order valence-corrected chi connectivity index (χ1v) is 10.6. The number of carbonyl (C=O) groups is 2. The molecule has 0 aromatic heterocycles. The highest BCUT2D eigenvalue weighted by molar-refractivity contribution is 5.82. The number of methoxy groups -OCH3 is 1. The third-order valence-corrected chi connectivity index (χ3v) is 6.00. The Morgan fingerprint density at radius 2 is 1.97 bits per heavy atom. The fourth-order valence-corrected chi connectivity index (χ4v) is 4.26. The molecule has 0 saturated carbocycles. The summed E-state index contributed by atoms with van der Waals surface area (Å²) in [6.07, 6.45) is 0.578. The largest absolute Gasteiger partial charge is 0.454 e. The summed E-state index contributed by atoms with van der Waals surface area (Å²) in [6, 6.07) is 10.5. The van der Waals surface area contributed by atoms with Crippen molar-refractivity contribution in [3.05, 3.63) is 58.9 Å². The van der Waals surface area contributed by atoms with Crippen LogP contribution in [-0.2, 0) is 20.9 Å². The summed E-state index contributed by atoms with van der Waals surface area (Å²) < 4.78 is 29.5. The van der Waals surface area contributed by atoms with E-state index in [0.29, 0.717) is 43.1 Å². The number of halogens is 1. The molecule has 8 heteroatoms. The van der Waals surface area contributed by atoms with Crippen molar-refractivity contribution in [2.75, 3.05) is 33.6 Å². The molecule has 2 atom stereocenters. The lowest BCUT2D eigenvalue weighted by Crippen LogP contribution is -2.48. The van der Waals surface area contributed by atoms with Crippen molar-refractivity contribution in [2.24, 2.45) is 5.92 Å². The Morgan fingerprint density at radius 1 is 1.16 bits per heavy atom. The Morgan fingerprint density at radius 3 is 2.75 bits per heavy atom. The Labute approximate surface area is 186 Å². The third kappa shape index (κ3) is 4.85. The number of hydrogen-bond donors (Lipinski definition) is 1. The number of piperidine rings is 1. The predicted octanol–water partition coefficient (Wildman–Crippen LogP) is 2.76. The van der Waals surface area contributed by atoms with Crippen LogP contribution >= 0.6 is 0 Å². The van der Waals surface area contributed by atoms with Gasteiger partial charge in [0.15, 0.2) is 11.5 Å². The van der Waals surface area contributed by atoms with Gasteiger partial charge in [0.1, 0.15) is 12.4 Å². The first kappa shape index (κ1) is 22.1. The monoisotopic (exact) mass is 442 g/mol. The highest BCUT2D eigenvalue weighted by Gasteiger charge is 2.34. The van der Waals surface area contributed by atoms with Crippen LogP contribution in [0.15, 0.2) is 36.4 Å². The maximum absolute atomic E-state index is 13.8. The van der Waals surface area contributed by atoms with Crippen molar-refractivity contribution < 1.29 is 28.2 Å². The number of nitrogens with zero attached hydrogens (tertiary/aromatic N) is 1. The lowest BCUT2D eigenvalue weighted by Gasteiger charge is -2.37. The van der Waals surface area contributed by atoms with Gasteiger partial charge in [-0.2, -0.15) is 0 Å². The Bertz CT molecular complexity index is 1010. The number of nitrogens with one attached hydrogen (secondary N) is 1. The molecule has 0 spiro atoms. The van der Waals surface area contributed by atoms with Crippen LogP contribution in [0.5, 0.6) is 11.5 Å². The van der Waals surface area contributed by atoms with Crippen molar-refractivity contribution >= 4 is 11.8 Å². The summed E-state index contributed by atoms with van der Waals surface area (Å²) in [7, 11) is 1.47. The van der Waals surface area contributed by atoms with Gasteiger partial charge in [-0.1, -0.05) is 18.2 Å². The van der Waals surface area contributed by atoms with Gasteiger partial charge in [-0.15, -0.1) is 0 Å². The van der Waals surface area contributed by atoms with E-state index in [1.54, 1.807) is 24.0 Å². The highest BCUT2D eigenvalue weighted by Crippen LogP contribution is 2.33. The van der Waals surface area contributed by atoms with E-state index >= 15 is 0 Å². The summed E-state index contributed by atoms with van der Waals surface area (Å²) in [5, 5.41) is 2.98. The Kier molecular flexibility index (Phi) is 6.60. The molecule has 2 amide bonds. The van der Waals surface area contributed by atoms with E-state index in [9.17, 15) is 14.0 Å². The molecule has 7 nitrogen and oxygen atoms in total. The number of benzene rings is 2. The van der Waals surface area contributed by atoms with E-state index in [-0.39, 0.29) is 42.9 Å². The molecule has 4 rings (SSSR count). The van der Waals surface area contributed by atoms with Crippen molar-refractivity contribution in [1.29, 1.82) is 0 Å². The van der Waals surface area contributed by atoms with Crippen LogP contribution in [0.25, 0.3) is 0 Å². The lowest BCUT2D eigenvalue weighted by molar-refractivity contribution is -0.139. The second-order valence-corrected chi connectivity index (χ2v) is 8.28. The standard InChI is InChI=1S/C24H27FN2O5/c1-15-7-17(4-5-20(15)25)18-9-19(12-27(11-18)23(28)13-30-2)24(29)26-10-16-3-6-21-22(8-16)32-14-31-21/h3-8,18-19H,9-14H2,1-2H3,(H,26,29). The minimum Gasteiger partial charge on any atom is -0.454 e. The van der Waals surface area contributed by atoms with Gasteiger partial charge in [-0.05, 0) is 48.2 Å². The summed E-state index contributed by atoms with van der Waals surface area (Å²) in [5.74, 6) is 0.356. The first-order valence-electron chi connectivity index (χ1n) is 10.6. The number of carbonyl (C=O) groups excluding carboxylic acids is 2. The lowest BCUT2D eigenvalue weighted by atomic mass is 9.83. The van der Waals surface area contributed by atoms with Crippen molar-refractivity contribution in [2.45, 2.75) is 25.8 Å². The van der Waals surface area contributed by atoms with Crippen LogP contribution in [0.3, 0.4) is 0 Å². The molecule has 2 aliphatic heterocycles. The second-order valence-electron chi connectivity index (χ2n) is 8.28. The fourth-order valence-electron chi connectivity index (χ4n) is 4.26. The molecule has 2 aromatic rings. The molecule has 32 heavy (non-hydrogen) atoms. The van der Waals surface area contributed by atoms with Crippen LogP contribution in [-0.4, -0.2) is 50.3 Å². The molecule has 0 aliphatic carbocycles. The first-order chi connectivity index (χ1) is 15.4. The highest BCUT2D eigenvalue weighted by atomic mass is 19.1. The molecule has 1 fully saturated rings. The SMILES string of the molecule is COCC(=O)N1CC(C(=O)NCc2ccc3c(c2)OCO3)CC(c2ccc(F)c(C)c2)C1. The molecule has 0 bridgehead atoms. The van der Waals surface area contributed by atoms with Gasteiger partial charge in [-0.3, -0.25) is 9.59 Å². The van der Waals surface area contributed by atoms with Crippen LogP contribution in [0.4, 0.5) is 4.39 Å². The second kappa shape index (κ2) is 9.56. The Hall–Kier alpha value is -3.13. The van der Waals surface area contributed by atoms with Gasteiger partial charge in [0.2, 0.25) is 18.6 Å². The summed E-state index contributed by atoms with van der Waals surface area (Å²) in [6.45, 7) is 3.01. The van der Waals surface area contributed by atoms with Crippen molar-refractivity contribution in [1.82, 2.24) is 10.2 Å². The molecular weight excluding hydrogens is 415 g/mol. The zero-order valence-electron chi connectivity index (χ0n) is 18.2. The van der Waals surface area contributed by atoms with E-state index in [1.807, 2.05) is 18.2 Å². The van der Waals surface area contributed by atoms with E-state index in [1.165, 1.54) is 13.2 Å². The number of rotatable bonds is 6. The number of hydrogen-bond acceptors (Lipinski definition) is 5. The topological polar surface area (TPSA) is 77.1 Å². The third-order valence-electron chi connectivity index (χ3n) is 6.00. The zero-order chi connectivity index (χ0) is 22.7. The smallest absolute Gasteiger partial charge is 0.248 e. The quantitative estimate of drug-likeness (QED) is 0.745. The minimum atomic E-state index is -0.381. The molecular formula is C24H27FN2O5. The van der Waals surface area contributed by atoms with Crippen LogP contribution < -0.4 is 14.8 Å². The maximum Gasteiger partial charge on any atom is 0.248 e. The molecule has 1 saturated heterocycles. The molecule has 2 heterocycles. The minimum absolute atomic E-state index is 0.0410. The average Bonchev–Trinajstić information content (AvgIpc) is 3.27. The van der Waals surface area contributed by atoms with Crippen molar-refractivity contribution in [3.63, 3.8) is 0 Å². The number of aryl methyl sites for hydroxylation is 1. The summed E-state index contributed by atoms with van der Waals surface area (Å²) in [4.78, 5) is 27.2. The zero-order valence-corrected chi connectivity index (χ0v) is 18.2. The summed E-state index contributed by atoms with van der Waals surface area (Å²) in [5.41, 5.74) is 2.37. The number of ether oxygens (including phenoxy) is 3. The van der Waals surface area contributed by atoms with Crippen LogP contribution in [0, 0.1) is 18.7 Å². The van der Waals surface area contributed by atoms with Gasteiger partial charge in [0, 0.05) is 32.7 Å². The molecule has 170 valence electrons. The van der Waals surface area contributed by atoms with Crippen LogP contribution in [0.1, 0.15) is 29.0 Å². The van der Waals surface area contributed by atoms with Gasteiger partial charge >= 0.3 is 0 Å². The Balaban J connectivity index is 1.46. The molecule has 0 radical (unpaired) electrons. The van der Waals surface area contributed by atoms with E-state index in [0.717, 1.165) is 11.1 Å². The van der Waals surface area contributed by atoms with Gasteiger partial charge < -0.3 is 24.4 Å². The van der Waals surface area contributed by atoms with E-state index in [2.05, 4.69) is 5.32 Å². The van der Waals surface area contributed by atoms with E-state index in [4.69, 9.17) is 14.2 Å². The number of fused-ring (bicyclic) bond motifs is 1. The van der Waals surface area contributed by atoms with Gasteiger partial charge in [-0.25, -0.2) is 4.39 Å². The normalized spacial score (nSPS) is 19.7. The number of amides is 2. The van der Waals surface area contributed by atoms with Gasteiger partial charge in [0.25, 0.3) is 0 Å². The molecule has 1 N–H and O–H groups in total. The van der Waals surface area contributed by atoms with Crippen molar-refractivity contribution in [3.8, 4) is 11.5 Å². The van der Waals surface area contributed by atoms with Gasteiger partial charge in [0.05, 0.1) is 5.92 Å². The molecule has 2 aliphatic rings. The van der Waals surface area contributed by atoms with Crippen LogP contribution in [0.2, 0.25) is 0 Å². The number of likely N-dealkylation sites (tertiary alicyclic amines) is 1. The predicted molar refractivity (Wildman–Crippen MR) is 115 cm³/mol. The average molecular weight is 442 g/mol. The van der Waals surface area contributed by atoms with E-state index < -0.39 is 0 Å². The maximum atomic E-state index is 13.8. The summed E-state index contributed by atoms with van der Waals surface area (Å²) >= 11 is 0.